The molecule has 1 N–H and O–H groups in total. The Morgan fingerprint density at radius 2 is 1.85 bits per heavy atom. The summed E-state index contributed by atoms with van der Waals surface area (Å²) in [5, 5.41) is 2.55. The fourth-order valence-corrected chi connectivity index (χ4v) is 2.66. The first kappa shape index (κ1) is 19.5. The minimum atomic E-state index is -1.06. The lowest BCUT2D eigenvalue weighted by Gasteiger charge is -2.22. The summed E-state index contributed by atoms with van der Waals surface area (Å²) in [6.07, 6.45) is 0.716. The third kappa shape index (κ3) is 3.71. The number of hydrogen-bond donors (Lipinski definition) is 1. The SMILES string of the molecule is CCC1(CC)NC(=O)N(CC(=O)OCC(=O)c2cc(F)ccc2F)C1=O. The molecule has 0 saturated carbocycles. The van der Waals surface area contributed by atoms with Crippen LogP contribution in [0.3, 0.4) is 0 Å². The molecule has 9 heteroatoms. The Hall–Kier alpha value is -2.84. The summed E-state index contributed by atoms with van der Waals surface area (Å²) in [5.41, 5.74) is -1.61. The summed E-state index contributed by atoms with van der Waals surface area (Å²) in [6, 6.07) is 1.61. The van der Waals surface area contributed by atoms with Crippen LogP contribution in [0.15, 0.2) is 18.2 Å². The molecule has 1 fully saturated rings. The number of halogens is 2. The number of Topliss-reactive ketones (excluding diaryl/α,β-unsaturated/α-hetero) is 1. The van der Waals surface area contributed by atoms with Crippen LogP contribution >= 0.6 is 0 Å². The van der Waals surface area contributed by atoms with Gasteiger partial charge in [0.05, 0.1) is 5.56 Å². The van der Waals surface area contributed by atoms with Gasteiger partial charge >= 0.3 is 12.0 Å². The Kier molecular flexibility index (Phi) is 5.69. The summed E-state index contributed by atoms with van der Waals surface area (Å²) in [7, 11) is 0. The number of carbonyl (C=O) groups is 4. The number of imide groups is 1. The lowest BCUT2D eigenvalue weighted by atomic mass is 9.93. The summed E-state index contributed by atoms with van der Waals surface area (Å²) in [5.74, 6) is -4.26. The van der Waals surface area contributed by atoms with E-state index < -0.39 is 59.6 Å². The molecule has 7 nitrogen and oxygen atoms in total. The maximum atomic E-state index is 13.5. The molecule has 2 rings (SSSR count). The van der Waals surface area contributed by atoms with Gasteiger partial charge in [-0.3, -0.25) is 19.3 Å². The zero-order chi connectivity index (χ0) is 19.5. The highest BCUT2D eigenvalue weighted by Gasteiger charge is 2.49. The molecule has 0 bridgehead atoms. The Morgan fingerprint density at radius 3 is 2.42 bits per heavy atom. The molecule has 26 heavy (non-hydrogen) atoms. The fourth-order valence-electron chi connectivity index (χ4n) is 2.66. The maximum Gasteiger partial charge on any atom is 0.326 e. The zero-order valence-corrected chi connectivity index (χ0v) is 14.3. The number of benzene rings is 1. The van der Waals surface area contributed by atoms with Crippen molar-refractivity contribution in [3.8, 4) is 0 Å². The predicted octanol–water partition coefficient (Wildman–Crippen LogP) is 1.80. The van der Waals surface area contributed by atoms with Crippen molar-refractivity contribution in [3.05, 3.63) is 35.4 Å². The highest BCUT2D eigenvalue weighted by Crippen LogP contribution is 2.24. The van der Waals surface area contributed by atoms with Crippen LogP contribution < -0.4 is 5.32 Å². The van der Waals surface area contributed by atoms with Crippen molar-refractivity contribution in [1.29, 1.82) is 0 Å². The molecule has 1 aliphatic rings. The predicted molar refractivity (Wildman–Crippen MR) is 85.2 cm³/mol. The average Bonchev–Trinajstić information content (AvgIpc) is 2.86. The monoisotopic (exact) mass is 368 g/mol. The Labute approximate surface area is 148 Å². The number of urea groups is 1. The molecule has 1 aromatic carbocycles. The van der Waals surface area contributed by atoms with Gasteiger partial charge in [-0.2, -0.15) is 0 Å². The highest BCUT2D eigenvalue weighted by molar-refractivity contribution is 6.08. The molecule has 1 saturated heterocycles. The lowest BCUT2D eigenvalue weighted by Crippen LogP contribution is -2.46. The van der Waals surface area contributed by atoms with Gasteiger partial charge in [0.25, 0.3) is 5.91 Å². The van der Waals surface area contributed by atoms with E-state index in [0.29, 0.717) is 23.8 Å². The summed E-state index contributed by atoms with van der Waals surface area (Å²) >= 11 is 0. The molecular weight excluding hydrogens is 350 g/mol. The largest absolute Gasteiger partial charge is 0.456 e. The van der Waals surface area contributed by atoms with E-state index in [1.807, 2.05) is 0 Å². The molecule has 0 atom stereocenters. The summed E-state index contributed by atoms with van der Waals surface area (Å²) in [4.78, 5) is 48.7. The number of hydrogen-bond acceptors (Lipinski definition) is 5. The first-order valence-electron chi connectivity index (χ1n) is 8.02. The molecule has 1 heterocycles. The van der Waals surface area contributed by atoms with Crippen molar-refractivity contribution in [1.82, 2.24) is 10.2 Å². The van der Waals surface area contributed by atoms with Gasteiger partial charge in [-0.1, -0.05) is 13.8 Å². The van der Waals surface area contributed by atoms with Crippen LogP contribution in [0.5, 0.6) is 0 Å². The summed E-state index contributed by atoms with van der Waals surface area (Å²) in [6.45, 7) is 1.95. The van der Waals surface area contributed by atoms with Gasteiger partial charge in [0, 0.05) is 0 Å². The number of rotatable bonds is 7. The topological polar surface area (TPSA) is 92.8 Å². The standard InChI is InChI=1S/C17H18F2N2O5/c1-3-17(4-2)15(24)21(16(25)20-17)8-14(23)26-9-13(22)11-7-10(18)5-6-12(11)19/h5-7H,3-4,8-9H2,1-2H3,(H,20,25). The number of ketones is 1. The molecule has 0 spiro atoms. The van der Waals surface area contributed by atoms with Crippen LogP contribution in [0.1, 0.15) is 37.0 Å². The summed E-state index contributed by atoms with van der Waals surface area (Å²) < 4.78 is 31.3. The molecule has 1 aromatic rings. The Balaban J connectivity index is 1.97. The van der Waals surface area contributed by atoms with E-state index in [-0.39, 0.29) is 0 Å². The van der Waals surface area contributed by atoms with Crippen LogP contribution in [0.25, 0.3) is 0 Å². The third-order valence-electron chi connectivity index (χ3n) is 4.33. The second-order valence-electron chi connectivity index (χ2n) is 5.82. The number of ether oxygens (including phenoxy) is 1. The van der Waals surface area contributed by atoms with Crippen molar-refractivity contribution in [3.63, 3.8) is 0 Å². The van der Waals surface area contributed by atoms with E-state index in [2.05, 4.69) is 5.32 Å². The molecule has 3 amide bonds. The van der Waals surface area contributed by atoms with Crippen molar-refractivity contribution in [2.24, 2.45) is 0 Å². The lowest BCUT2D eigenvalue weighted by molar-refractivity contribution is -0.146. The van der Waals surface area contributed by atoms with E-state index in [9.17, 15) is 28.0 Å². The molecule has 0 unspecified atom stereocenters. The van der Waals surface area contributed by atoms with E-state index in [1.54, 1.807) is 13.8 Å². The van der Waals surface area contributed by atoms with Gasteiger partial charge in [0.15, 0.2) is 6.61 Å². The van der Waals surface area contributed by atoms with E-state index in [4.69, 9.17) is 4.74 Å². The first-order valence-corrected chi connectivity index (χ1v) is 8.02. The number of nitrogens with zero attached hydrogens (tertiary/aromatic N) is 1. The van der Waals surface area contributed by atoms with E-state index in [1.165, 1.54) is 0 Å². The van der Waals surface area contributed by atoms with Crippen LogP contribution in [0.4, 0.5) is 13.6 Å². The quantitative estimate of drug-likeness (QED) is 0.450. The second-order valence-corrected chi connectivity index (χ2v) is 5.82. The molecule has 0 aliphatic carbocycles. The van der Waals surface area contributed by atoms with Crippen LogP contribution in [-0.2, 0) is 14.3 Å². The second kappa shape index (κ2) is 7.59. The fraction of sp³-hybridized carbons (Fsp3) is 0.412. The smallest absolute Gasteiger partial charge is 0.326 e. The van der Waals surface area contributed by atoms with Crippen molar-refractivity contribution < 1.29 is 32.7 Å². The third-order valence-corrected chi connectivity index (χ3v) is 4.33. The van der Waals surface area contributed by atoms with E-state index in [0.717, 1.165) is 12.1 Å². The molecule has 0 aromatic heterocycles. The van der Waals surface area contributed by atoms with Crippen LogP contribution in [-0.4, -0.2) is 47.3 Å². The van der Waals surface area contributed by atoms with E-state index >= 15 is 0 Å². The van der Waals surface area contributed by atoms with Gasteiger partial charge in [-0.25, -0.2) is 13.6 Å². The van der Waals surface area contributed by atoms with Gasteiger partial charge in [0.2, 0.25) is 5.78 Å². The minimum Gasteiger partial charge on any atom is -0.456 e. The van der Waals surface area contributed by atoms with Crippen LogP contribution in [0, 0.1) is 11.6 Å². The Bertz CT molecular complexity index is 762. The Morgan fingerprint density at radius 1 is 1.19 bits per heavy atom. The zero-order valence-electron chi connectivity index (χ0n) is 14.3. The van der Waals surface area contributed by atoms with Gasteiger partial charge < -0.3 is 10.1 Å². The van der Waals surface area contributed by atoms with Gasteiger partial charge in [-0.15, -0.1) is 0 Å². The van der Waals surface area contributed by atoms with Crippen molar-refractivity contribution >= 4 is 23.7 Å². The molecular formula is C17H18F2N2O5. The number of esters is 1. The number of amides is 3. The van der Waals surface area contributed by atoms with Crippen molar-refractivity contribution in [2.45, 2.75) is 32.2 Å². The van der Waals surface area contributed by atoms with Crippen molar-refractivity contribution in [2.75, 3.05) is 13.2 Å². The molecule has 0 radical (unpaired) electrons. The highest BCUT2D eigenvalue weighted by atomic mass is 19.1. The van der Waals surface area contributed by atoms with Crippen LogP contribution in [0.2, 0.25) is 0 Å². The minimum absolute atomic E-state index is 0.358. The molecule has 140 valence electrons. The number of nitrogens with one attached hydrogen (secondary N) is 1. The van der Waals surface area contributed by atoms with Gasteiger partial charge in [0.1, 0.15) is 23.7 Å². The first-order chi connectivity index (χ1) is 12.2. The number of carbonyl (C=O) groups excluding carboxylic acids is 4. The average molecular weight is 368 g/mol. The molecule has 1 aliphatic heterocycles. The van der Waals surface area contributed by atoms with Gasteiger partial charge in [-0.05, 0) is 31.0 Å². The normalized spacial score (nSPS) is 15.8. The maximum absolute atomic E-state index is 13.5.